The lowest BCUT2D eigenvalue weighted by Crippen LogP contribution is -1.98. The van der Waals surface area contributed by atoms with Gasteiger partial charge < -0.3 is 19.7 Å². The Morgan fingerprint density at radius 3 is 2.63 bits per heavy atom. The molecule has 0 spiro atoms. The van der Waals surface area contributed by atoms with Crippen molar-refractivity contribution in [2.24, 2.45) is 5.73 Å². The first-order valence-corrected chi connectivity index (χ1v) is 6.35. The summed E-state index contributed by atoms with van der Waals surface area (Å²) in [4.78, 5) is 4.22. The van der Waals surface area contributed by atoms with Crippen molar-refractivity contribution in [1.82, 2.24) is 10.1 Å². The predicted octanol–water partition coefficient (Wildman–Crippen LogP) is 2.28. The number of ether oxygens (including phenoxy) is 2. The molecule has 1 heterocycles. The fourth-order valence-corrected chi connectivity index (χ4v) is 2.53. The average molecular weight is 328 g/mol. The second kappa shape index (κ2) is 5.58. The summed E-state index contributed by atoms with van der Waals surface area (Å²) in [5, 5.41) is 3.92. The molecule has 102 valence electrons. The van der Waals surface area contributed by atoms with E-state index in [1.54, 1.807) is 20.3 Å². The molecule has 2 aromatic rings. The van der Waals surface area contributed by atoms with Gasteiger partial charge >= 0.3 is 0 Å². The molecule has 0 radical (unpaired) electrons. The van der Waals surface area contributed by atoms with Crippen LogP contribution in [0.1, 0.15) is 11.5 Å². The number of hydrogen-bond acceptors (Lipinski definition) is 6. The quantitative estimate of drug-likeness (QED) is 0.927. The van der Waals surface area contributed by atoms with E-state index in [0.29, 0.717) is 23.2 Å². The minimum Gasteiger partial charge on any atom is -0.493 e. The molecule has 2 N–H and O–H groups in total. The molecule has 0 unspecified atom stereocenters. The maximum atomic E-state index is 5.47. The first-order valence-electron chi connectivity index (χ1n) is 5.56. The summed E-state index contributed by atoms with van der Waals surface area (Å²) < 4.78 is 16.5. The van der Waals surface area contributed by atoms with Gasteiger partial charge in [0.2, 0.25) is 11.7 Å². The predicted molar refractivity (Wildman–Crippen MR) is 73.2 cm³/mol. The van der Waals surface area contributed by atoms with Crippen LogP contribution in [0.3, 0.4) is 0 Å². The highest BCUT2D eigenvalue weighted by atomic mass is 79.9. The minimum atomic E-state index is 0.205. The fraction of sp³-hybridized carbons (Fsp3) is 0.333. The second-order valence-corrected chi connectivity index (χ2v) is 4.66. The summed E-state index contributed by atoms with van der Waals surface area (Å²) in [6.45, 7) is 2.11. The lowest BCUT2D eigenvalue weighted by atomic mass is 10.1. The van der Waals surface area contributed by atoms with Crippen LogP contribution in [0.5, 0.6) is 11.5 Å². The molecule has 19 heavy (non-hydrogen) atoms. The lowest BCUT2D eigenvalue weighted by molar-refractivity contribution is 0.352. The van der Waals surface area contributed by atoms with Crippen molar-refractivity contribution in [2.75, 3.05) is 14.2 Å². The zero-order valence-electron chi connectivity index (χ0n) is 10.9. The highest BCUT2D eigenvalue weighted by Gasteiger charge is 2.20. The largest absolute Gasteiger partial charge is 0.493 e. The normalized spacial score (nSPS) is 10.6. The van der Waals surface area contributed by atoms with Gasteiger partial charge in [0.05, 0.1) is 20.8 Å². The van der Waals surface area contributed by atoms with Gasteiger partial charge in [-0.05, 0) is 28.9 Å². The summed E-state index contributed by atoms with van der Waals surface area (Å²) in [7, 11) is 3.17. The number of aromatic nitrogens is 2. The number of rotatable bonds is 4. The van der Waals surface area contributed by atoms with Crippen LogP contribution in [-0.4, -0.2) is 24.4 Å². The Balaban J connectivity index is 2.63. The van der Waals surface area contributed by atoms with Gasteiger partial charge in [0, 0.05) is 15.6 Å². The number of nitrogens with zero attached hydrogens (tertiary/aromatic N) is 2. The van der Waals surface area contributed by atoms with Crippen molar-refractivity contribution >= 4 is 15.9 Å². The highest BCUT2D eigenvalue weighted by Crippen LogP contribution is 2.41. The molecular formula is C12H14BrN3O3. The van der Waals surface area contributed by atoms with E-state index in [1.807, 2.05) is 6.92 Å². The molecule has 7 heteroatoms. The Hall–Kier alpha value is -1.60. The third-order valence-electron chi connectivity index (χ3n) is 2.73. The molecule has 6 nitrogen and oxygen atoms in total. The van der Waals surface area contributed by atoms with E-state index >= 15 is 0 Å². The van der Waals surface area contributed by atoms with Crippen molar-refractivity contribution in [1.29, 1.82) is 0 Å². The van der Waals surface area contributed by atoms with E-state index in [1.165, 1.54) is 0 Å². The molecule has 0 amide bonds. The Morgan fingerprint density at radius 2 is 2.11 bits per heavy atom. The lowest BCUT2D eigenvalue weighted by Gasteiger charge is -2.14. The van der Waals surface area contributed by atoms with Crippen LogP contribution in [0.2, 0.25) is 0 Å². The summed E-state index contributed by atoms with van der Waals surface area (Å²) in [5.74, 6) is 2.12. The Kier molecular flexibility index (Phi) is 4.06. The third-order valence-corrected chi connectivity index (χ3v) is 3.35. The summed E-state index contributed by atoms with van der Waals surface area (Å²) in [5.41, 5.74) is 7.12. The van der Waals surface area contributed by atoms with Gasteiger partial charge in [0.15, 0.2) is 11.5 Å². The van der Waals surface area contributed by atoms with Crippen molar-refractivity contribution in [2.45, 2.75) is 13.5 Å². The van der Waals surface area contributed by atoms with Gasteiger partial charge in [-0.25, -0.2) is 0 Å². The summed E-state index contributed by atoms with van der Waals surface area (Å²) in [6, 6.07) is 1.81. The molecule has 1 aromatic heterocycles. The molecule has 0 bridgehead atoms. The van der Waals surface area contributed by atoms with Crippen molar-refractivity contribution in [3.8, 4) is 22.9 Å². The van der Waals surface area contributed by atoms with E-state index in [4.69, 9.17) is 19.7 Å². The monoisotopic (exact) mass is 327 g/mol. The summed E-state index contributed by atoms with van der Waals surface area (Å²) >= 11 is 3.48. The molecule has 0 aliphatic rings. The van der Waals surface area contributed by atoms with Gasteiger partial charge in [-0.1, -0.05) is 5.16 Å². The molecule has 0 fully saturated rings. The van der Waals surface area contributed by atoms with Crippen LogP contribution in [0.25, 0.3) is 11.4 Å². The van der Waals surface area contributed by atoms with Gasteiger partial charge in [-0.3, -0.25) is 0 Å². The maximum Gasteiger partial charge on any atom is 0.240 e. The van der Waals surface area contributed by atoms with E-state index in [0.717, 1.165) is 15.6 Å². The van der Waals surface area contributed by atoms with Crippen LogP contribution in [-0.2, 0) is 6.54 Å². The molecule has 0 saturated heterocycles. The number of halogens is 1. The zero-order valence-corrected chi connectivity index (χ0v) is 12.4. The van der Waals surface area contributed by atoms with Gasteiger partial charge in [-0.2, -0.15) is 4.98 Å². The SMILES string of the molecule is COc1cc(Br)c(-c2noc(CN)n2)c(C)c1OC. The van der Waals surface area contributed by atoms with Gasteiger partial charge in [0.25, 0.3) is 0 Å². The molecular weight excluding hydrogens is 314 g/mol. The number of benzene rings is 1. The maximum absolute atomic E-state index is 5.47. The molecule has 0 saturated carbocycles. The number of hydrogen-bond donors (Lipinski definition) is 1. The minimum absolute atomic E-state index is 0.205. The van der Waals surface area contributed by atoms with E-state index < -0.39 is 0 Å². The first kappa shape index (κ1) is 13.8. The Labute approximate surface area is 119 Å². The standard InChI is InChI=1S/C12H14BrN3O3/c1-6-10(12-15-9(5-14)19-16-12)7(13)4-8(17-2)11(6)18-3/h4H,5,14H2,1-3H3. The zero-order chi connectivity index (χ0) is 14.0. The van der Waals surface area contributed by atoms with Crippen LogP contribution >= 0.6 is 15.9 Å². The summed E-state index contributed by atoms with van der Waals surface area (Å²) in [6.07, 6.45) is 0. The van der Waals surface area contributed by atoms with Crippen molar-refractivity contribution < 1.29 is 14.0 Å². The van der Waals surface area contributed by atoms with Gasteiger partial charge in [-0.15, -0.1) is 0 Å². The van der Waals surface area contributed by atoms with Crippen LogP contribution in [0.4, 0.5) is 0 Å². The van der Waals surface area contributed by atoms with Crippen LogP contribution in [0, 0.1) is 6.92 Å². The van der Waals surface area contributed by atoms with Crippen LogP contribution < -0.4 is 15.2 Å². The van der Waals surface area contributed by atoms with E-state index in [9.17, 15) is 0 Å². The molecule has 0 aliphatic carbocycles. The Morgan fingerprint density at radius 1 is 1.37 bits per heavy atom. The fourth-order valence-electron chi connectivity index (χ4n) is 1.85. The van der Waals surface area contributed by atoms with Crippen molar-refractivity contribution in [3.05, 3.63) is 22.0 Å². The third kappa shape index (κ3) is 2.43. The smallest absolute Gasteiger partial charge is 0.240 e. The second-order valence-electron chi connectivity index (χ2n) is 3.81. The molecule has 0 atom stereocenters. The number of methoxy groups -OCH3 is 2. The Bertz CT molecular complexity index is 598. The number of nitrogens with two attached hydrogens (primary N) is 1. The van der Waals surface area contributed by atoms with E-state index in [-0.39, 0.29) is 6.54 Å². The first-order chi connectivity index (χ1) is 9.12. The molecule has 0 aliphatic heterocycles. The average Bonchev–Trinajstić information content (AvgIpc) is 2.86. The molecule has 2 rings (SSSR count). The molecule has 1 aromatic carbocycles. The topological polar surface area (TPSA) is 83.4 Å². The van der Waals surface area contributed by atoms with Crippen LogP contribution in [0.15, 0.2) is 15.1 Å². The van der Waals surface area contributed by atoms with Crippen molar-refractivity contribution in [3.63, 3.8) is 0 Å². The van der Waals surface area contributed by atoms with E-state index in [2.05, 4.69) is 26.1 Å². The van der Waals surface area contributed by atoms with Gasteiger partial charge in [0.1, 0.15) is 0 Å². The highest BCUT2D eigenvalue weighted by molar-refractivity contribution is 9.10.